The molecule has 0 bridgehead atoms. The van der Waals surface area contributed by atoms with Crippen molar-refractivity contribution in [3.63, 3.8) is 0 Å². The first kappa shape index (κ1) is 16.7. The predicted molar refractivity (Wildman–Crippen MR) is 101 cm³/mol. The molecule has 3 N–H and O–H groups in total. The first-order valence-corrected chi connectivity index (χ1v) is 9.94. The normalized spacial score (nSPS) is 23.1. The molecule has 0 aromatic carbocycles. The SMILES string of the molecule is CN(CC(N)=O)[C@H]1CC[C@H](Nc2ncnc3sc4c(c23)CCC4)CC1. The molecule has 1 amide bonds. The van der Waals surface area contributed by atoms with Crippen molar-refractivity contribution < 1.29 is 4.79 Å². The summed E-state index contributed by atoms with van der Waals surface area (Å²) in [5.74, 6) is 0.760. The van der Waals surface area contributed by atoms with E-state index in [1.165, 1.54) is 28.7 Å². The first-order chi connectivity index (χ1) is 12.1. The highest BCUT2D eigenvalue weighted by molar-refractivity contribution is 7.19. The van der Waals surface area contributed by atoms with Crippen molar-refractivity contribution >= 4 is 33.3 Å². The minimum atomic E-state index is -0.252. The molecule has 0 aliphatic heterocycles. The molecule has 6 nitrogen and oxygen atoms in total. The van der Waals surface area contributed by atoms with Gasteiger partial charge in [-0.1, -0.05) is 0 Å². The van der Waals surface area contributed by atoms with Crippen LogP contribution >= 0.6 is 11.3 Å². The van der Waals surface area contributed by atoms with E-state index in [2.05, 4.69) is 20.2 Å². The molecule has 0 unspecified atom stereocenters. The van der Waals surface area contributed by atoms with Gasteiger partial charge in [-0.3, -0.25) is 9.69 Å². The number of rotatable bonds is 5. The molecule has 7 heteroatoms. The molecular formula is C18H25N5OS. The maximum absolute atomic E-state index is 11.1. The number of hydrogen-bond donors (Lipinski definition) is 2. The Morgan fingerprint density at radius 3 is 2.88 bits per heavy atom. The lowest BCUT2D eigenvalue weighted by atomic mass is 9.90. The fraction of sp³-hybridized carbons (Fsp3) is 0.611. The molecule has 2 heterocycles. The molecule has 1 saturated carbocycles. The van der Waals surface area contributed by atoms with Crippen LogP contribution in [0.3, 0.4) is 0 Å². The molecule has 0 spiro atoms. The molecular weight excluding hydrogens is 334 g/mol. The van der Waals surface area contributed by atoms with E-state index < -0.39 is 0 Å². The number of carbonyl (C=O) groups is 1. The van der Waals surface area contributed by atoms with Crippen molar-refractivity contribution in [3.8, 4) is 0 Å². The molecule has 134 valence electrons. The van der Waals surface area contributed by atoms with Crippen molar-refractivity contribution in [2.24, 2.45) is 5.73 Å². The van der Waals surface area contributed by atoms with Crippen LogP contribution in [0, 0.1) is 0 Å². The van der Waals surface area contributed by atoms with Crippen molar-refractivity contribution in [2.75, 3.05) is 18.9 Å². The van der Waals surface area contributed by atoms with E-state index in [1.54, 1.807) is 6.33 Å². The molecule has 0 atom stereocenters. The standard InChI is InChI=1S/C18H25N5OS/c1-23(9-15(19)24)12-7-5-11(6-8-12)22-17-16-13-3-2-4-14(13)25-18(16)21-10-20-17/h10-12H,2-9H2,1H3,(H2,19,24)(H,20,21,22)/t11-,12-. The van der Waals surface area contributed by atoms with Gasteiger partial charge in [-0.25, -0.2) is 9.97 Å². The zero-order valence-electron chi connectivity index (χ0n) is 14.6. The average molecular weight is 359 g/mol. The predicted octanol–water partition coefficient (Wildman–Crippen LogP) is 2.32. The zero-order chi connectivity index (χ0) is 17.4. The van der Waals surface area contributed by atoms with Crippen LogP contribution in [0.4, 0.5) is 5.82 Å². The third-order valence-corrected chi connectivity index (χ3v) is 6.77. The smallest absolute Gasteiger partial charge is 0.231 e. The third kappa shape index (κ3) is 3.35. The second kappa shape index (κ2) is 6.88. The summed E-state index contributed by atoms with van der Waals surface area (Å²) in [6.07, 6.45) is 9.62. The van der Waals surface area contributed by atoms with Crippen LogP contribution in [0.25, 0.3) is 10.2 Å². The molecule has 25 heavy (non-hydrogen) atoms. The van der Waals surface area contributed by atoms with Crippen LogP contribution < -0.4 is 11.1 Å². The van der Waals surface area contributed by atoms with Crippen molar-refractivity contribution in [2.45, 2.75) is 57.0 Å². The molecule has 2 aromatic rings. The Kier molecular flexibility index (Phi) is 4.60. The number of carbonyl (C=O) groups excluding carboxylic acids is 1. The second-order valence-corrected chi connectivity index (χ2v) is 8.37. The maximum atomic E-state index is 11.1. The van der Waals surface area contributed by atoms with Gasteiger partial charge in [0.25, 0.3) is 0 Å². The van der Waals surface area contributed by atoms with Gasteiger partial charge in [0.1, 0.15) is 17.0 Å². The van der Waals surface area contributed by atoms with Gasteiger partial charge in [0.2, 0.25) is 5.91 Å². The van der Waals surface area contributed by atoms with Gasteiger partial charge in [-0.15, -0.1) is 11.3 Å². The van der Waals surface area contributed by atoms with Crippen LogP contribution in [0.2, 0.25) is 0 Å². The average Bonchev–Trinajstić information content (AvgIpc) is 3.16. The van der Waals surface area contributed by atoms with E-state index in [0.717, 1.165) is 42.8 Å². The molecule has 2 aromatic heterocycles. The fourth-order valence-electron chi connectivity index (χ4n) is 4.27. The molecule has 0 radical (unpaired) electrons. The Balaban J connectivity index is 1.44. The lowest BCUT2D eigenvalue weighted by Gasteiger charge is -2.34. The Morgan fingerprint density at radius 2 is 2.12 bits per heavy atom. The summed E-state index contributed by atoms with van der Waals surface area (Å²) in [6.45, 7) is 0.344. The van der Waals surface area contributed by atoms with Crippen LogP contribution in [0.1, 0.15) is 42.5 Å². The van der Waals surface area contributed by atoms with Gasteiger partial charge >= 0.3 is 0 Å². The highest BCUT2D eigenvalue weighted by Crippen LogP contribution is 2.39. The number of nitrogens with two attached hydrogens (primary N) is 1. The Morgan fingerprint density at radius 1 is 1.32 bits per heavy atom. The number of nitrogens with zero attached hydrogens (tertiary/aromatic N) is 3. The monoisotopic (exact) mass is 359 g/mol. The zero-order valence-corrected chi connectivity index (χ0v) is 15.4. The number of nitrogens with one attached hydrogen (secondary N) is 1. The van der Waals surface area contributed by atoms with Crippen LogP contribution in [-0.2, 0) is 17.6 Å². The van der Waals surface area contributed by atoms with Gasteiger partial charge < -0.3 is 11.1 Å². The summed E-state index contributed by atoms with van der Waals surface area (Å²) in [7, 11) is 1.99. The second-order valence-electron chi connectivity index (χ2n) is 7.29. The number of thiophene rings is 1. The summed E-state index contributed by atoms with van der Waals surface area (Å²) in [4.78, 5) is 24.8. The minimum absolute atomic E-state index is 0.252. The van der Waals surface area contributed by atoms with E-state index in [0.29, 0.717) is 18.6 Å². The molecule has 2 aliphatic rings. The molecule has 4 rings (SSSR count). The van der Waals surface area contributed by atoms with Crippen molar-refractivity contribution in [3.05, 3.63) is 16.8 Å². The Labute approximate surface area is 151 Å². The lowest BCUT2D eigenvalue weighted by Crippen LogP contribution is -2.42. The van der Waals surface area contributed by atoms with E-state index in [-0.39, 0.29) is 5.91 Å². The molecule has 1 fully saturated rings. The number of aromatic nitrogens is 2. The highest BCUT2D eigenvalue weighted by atomic mass is 32.1. The van der Waals surface area contributed by atoms with E-state index in [1.807, 2.05) is 18.4 Å². The summed E-state index contributed by atoms with van der Waals surface area (Å²) in [5.41, 5.74) is 6.78. The van der Waals surface area contributed by atoms with Gasteiger partial charge in [0.15, 0.2) is 0 Å². The van der Waals surface area contributed by atoms with Crippen LogP contribution in [-0.4, -0.2) is 46.5 Å². The minimum Gasteiger partial charge on any atom is -0.369 e. The van der Waals surface area contributed by atoms with E-state index >= 15 is 0 Å². The molecule has 0 saturated heterocycles. The quantitative estimate of drug-likeness (QED) is 0.856. The topological polar surface area (TPSA) is 84.1 Å². The fourth-order valence-corrected chi connectivity index (χ4v) is 5.50. The highest BCUT2D eigenvalue weighted by Gasteiger charge is 2.26. The summed E-state index contributed by atoms with van der Waals surface area (Å²) < 4.78 is 0. The number of amides is 1. The Hall–Kier alpha value is -1.73. The number of likely N-dealkylation sites (N-methyl/N-ethyl adjacent to an activating group) is 1. The van der Waals surface area contributed by atoms with Gasteiger partial charge in [-0.2, -0.15) is 0 Å². The first-order valence-electron chi connectivity index (χ1n) is 9.12. The Bertz CT molecular complexity index is 781. The summed E-state index contributed by atoms with van der Waals surface area (Å²) >= 11 is 1.83. The van der Waals surface area contributed by atoms with Gasteiger partial charge in [-0.05, 0) is 57.6 Å². The number of hydrogen-bond acceptors (Lipinski definition) is 6. The lowest BCUT2D eigenvalue weighted by molar-refractivity contribution is -0.119. The largest absolute Gasteiger partial charge is 0.369 e. The van der Waals surface area contributed by atoms with Crippen LogP contribution in [0.15, 0.2) is 6.33 Å². The van der Waals surface area contributed by atoms with Crippen LogP contribution in [0.5, 0.6) is 0 Å². The van der Waals surface area contributed by atoms with Gasteiger partial charge in [0.05, 0.1) is 11.9 Å². The van der Waals surface area contributed by atoms with E-state index in [9.17, 15) is 4.79 Å². The van der Waals surface area contributed by atoms with E-state index in [4.69, 9.17) is 5.73 Å². The number of fused-ring (bicyclic) bond motifs is 3. The summed E-state index contributed by atoms with van der Waals surface area (Å²) in [5, 5.41) is 4.94. The number of anilines is 1. The summed E-state index contributed by atoms with van der Waals surface area (Å²) in [6, 6.07) is 0.884. The van der Waals surface area contributed by atoms with Crippen molar-refractivity contribution in [1.82, 2.24) is 14.9 Å². The number of aryl methyl sites for hydroxylation is 2. The van der Waals surface area contributed by atoms with Gasteiger partial charge in [0, 0.05) is 17.0 Å². The van der Waals surface area contributed by atoms with Crippen molar-refractivity contribution in [1.29, 1.82) is 0 Å². The maximum Gasteiger partial charge on any atom is 0.231 e. The number of primary amides is 1. The third-order valence-electron chi connectivity index (χ3n) is 5.57. The molecule has 2 aliphatic carbocycles.